The van der Waals surface area contributed by atoms with Gasteiger partial charge in [-0.1, -0.05) is 12.1 Å². The van der Waals surface area contributed by atoms with Gasteiger partial charge in [0.25, 0.3) is 0 Å². The normalized spacial score (nSPS) is 17.9. The lowest BCUT2D eigenvalue weighted by molar-refractivity contribution is -0.132. The van der Waals surface area contributed by atoms with Gasteiger partial charge in [0.1, 0.15) is 11.6 Å². The molecule has 0 spiro atoms. The number of likely N-dealkylation sites (tertiary alicyclic amines) is 1. The van der Waals surface area contributed by atoms with Gasteiger partial charge in [0, 0.05) is 44.4 Å². The van der Waals surface area contributed by atoms with Gasteiger partial charge in [-0.2, -0.15) is 0 Å². The number of aromatic nitrogens is 2. The van der Waals surface area contributed by atoms with Crippen LogP contribution < -0.4 is 0 Å². The van der Waals surface area contributed by atoms with Crippen LogP contribution >= 0.6 is 0 Å². The Morgan fingerprint density at radius 3 is 2.88 bits per heavy atom. The number of aromatic hydroxyl groups is 1. The number of aryl methyl sites for hydroxylation is 2. The van der Waals surface area contributed by atoms with E-state index in [9.17, 15) is 9.90 Å². The number of rotatable bonds is 5. The number of carbonyl (C=O) groups excluding carboxylic acids is 1. The Kier molecular flexibility index (Phi) is 5.18. The van der Waals surface area contributed by atoms with Gasteiger partial charge in [0.15, 0.2) is 0 Å². The third kappa shape index (κ3) is 3.78. The first-order valence-corrected chi connectivity index (χ1v) is 8.74. The maximum Gasteiger partial charge on any atom is 0.222 e. The summed E-state index contributed by atoms with van der Waals surface area (Å²) in [6, 6.07) is 7.09. The highest BCUT2D eigenvalue weighted by atomic mass is 16.3. The van der Waals surface area contributed by atoms with Crippen molar-refractivity contribution in [1.29, 1.82) is 0 Å². The lowest BCUT2D eigenvalue weighted by Gasteiger charge is -2.32. The van der Waals surface area contributed by atoms with Crippen LogP contribution in [0.4, 0.5) is 0 Å². The third-order valence-corrected chi connectivity index (χ3v) is 4.79. The molecule has 0 radical (unpaired) electrons. The molecule has 1 aliphatic heterocycles. The summed E-state index contributed by atoms with van der Waals surface area (Å²) in [7, 11) is 0. The molecule has 1 saturated heterocycles. The van der Waals surface area contributed by atoms with E-state index < -0.39 is 0 Å². The summed E-state index contributed by atoms with van der Waals surface area (Å²) < 4.78 is 2.18. The number of hydrogen-bond acceptors (Lipinski definition) is 3. The van der Waals surface area contributed by atoms with Crippen molar-refractivity contribution in [3.63, 3.8) is 0 Å². The molecule has 24 heavy (non-hydrogen) atoms. The molecule has 3 rings (SSSR count). The van der Waals surface area contributed by atoms with Gasteiger partial charge in [-0.25, -0.2) is 4.98 Å². The topological polar surface area (TPSA) is 58.4 Å². The van der Waals surface area contributed by atoms with E-state index in [2.05, 4.69) is 16.5 Å². The molecular formula is C19H25N3O2. The van der Waals surface area contributed by atoms with Crippen LogP contribution in [0.1, 0.15) is 43.5 Å². The number of amides is 1. The number of benzene rings is 1. The summed E-state index contributed by atoms with van der Waals surface area (Å²) in [4.78, 5) is 19.1. The molecule has 5 nitrogen and oxygen atoms in total. The first kappa shape index (κ1) is 16.6. The maximum atomic E-state index is 12.6. The highest BCUT2D eigenvalue weighted by Crippen LogP contribution is 2.26. The van der Waals surface area contributed by atoms with Crippen molar-refractivity contribution in [2.75, 3.05) is 13.1 Å². The quantitative estimate of drug-likeness (QED) is 0.918. The third-order valence-electron chi connectivity index (χ3n) is 4.79. The number of imidazole rings is 1. The van der Waals surface area contributed by atoms with E-state index in [0.29, 0.717) is 18.8 Å². The number of phenols is 1. The molecule has 1 aromatic carbocycles. The maximum absolute atomic E-state index is 12.6. The Morgan fingerprint density at radius 1 is 1.33 bits per heavy atom. The minimum absolute atomic E-state index is 0.211. The van der Waals surface area contributed by atoms with Gasteiger partial charge < -0.3 is 14.6 Å². The molecule has 1 aromatic heterocycles. The van der Waals surface area contributed by atoms with Gasteiger partial charge in [-0.05, 0) is 43.9 Å². The molecule has 1 unspecified atom stereocenters. The van der Waals surface area contributed by atoms with E-state index in [4.69, 9.17) is 0 Å². The van der Waals surface area contributed by atoms with Crippen LogP contribution in [0.15, 0.2) is 36.7 Å². The van der Waals surface area contributed by atoms with Crippen molar-refractivity contribution in [2.24, 2.45) is 0 Å². The van der Waals surface area contributed by atoms with Crippen molar-refractivity contribution < 1.29 is 9.90 Å². The first-order chi connectivity index (χ1) is 11.7. The molecular weight excluding hydrogens is 302 g/mol. The minimum atomic E-state index is 0.211. The second-order valence-corrected chi connectivity index (χ2v) is 6.42. The second-order valence-electron chi connectivity index (χ2n) is 6.42. The summed E-state index contributed by atoms with van der Waals surface area (Å²) in [6.07, 6.45) is 7.22. The lowest BCUT2D eigenvalue weighted by atomic mass is 9.96. The van der Waals surface area contributed by atoms with Crippen molar-refractivity contribution in [2.45, 2.75) is 45.1 Å². The summed E-state index contributed by atoms with van der Waals surface area (Å²) in [5, 5.41) is 9.32. The average Bonchev–Trinajstić information content (AvgIpc) is 3.10. The SMILES string of the molecule is CCn1ccnc1C1CCCN(C(=O)CCc2ccc(O)cc2)C1. The fraction of sp³-hybridized carbons (Fsp3) is 0.474. The van der Waals surface area contributed by atoms with Gasteiger partial charge in [0.05, 0.1) is 0 Å². The molecule has 128 valence electrons. The van der Waals surface area contributed by atoms with Crippen LogP contribution in [0.25, 0.3) is 0 Å². The molecule has 1 amide bonds. The molecule has 1 aliphatic rings. The summed E-state index contributed by atoms with van der Waals surface area (Å²) in [5.41, 5.74) is 1.08. The fourth-order valence-corrected chi connectivity index (χ4v) is 3.43. The van der Waals surface area contributed by atoms with E-state index >= 15 is 0 Å². The van der Waals surface area contributed by atoms with E-state index in [1.54, 1.807) is 12.1 Å². The number of piperidine rings is 1. The van der Waals surface area contributed by atoms with Crippen LogP contribution in [-0.4, -0.2) is 38.6 Å². The van der Waals surface area contributed by atoms with Gasteiger partial charge in [-0.3, -0.25) is 4.79 Å². The highest BCUT2D eigenvalue weighted by molar-refractivity contribution is 5.76. The summed E-state index contributed by atoms with van der Waals surface area (Å²) >= 11 is 0. The zero-order valence-electron chi connectivity index (χ0n) is 14.2. The molecule has 2 aromatic rings. The van der Waals surface area contributed by atoms with E-state index in [1.807, 2.05) is 29.4 Å². The van der Waals surface area contributed by atoms with Crippen molar-refractivity contribution in [3.05, 3.63) is 48.0 Å². The molecule has 0 saturated carbocycles. The summed E-state index contributed by atoms with van der Waals surface area (Å²) in [5.74, 6) is 1.91. The molecule has 0 aliphatic carbocycles. The molecule has 1 N–H and O–H groups in total. The largest absolute Gasteiger partial charge is 0.508 e. The Balaban J connectivity index is 1.58. The van der Waals surface area contributed by atoms with Gasteiger partial charge in [0.2, 0.25) is 5.91 Å². The van der Waals surface area contributed by atoms with Crippen molar-refractivity contribution >= 4 is 5.91 Å². The van der Waals surface area contributed by atoms with Crippen LogP contribution in [-0.2, 0) is 17.8 Å². The monoisotopic (exact) mass is 327 g/mol. The van der Waals surface area contributed by atoms with Crippen LogP contribution in [0.3, 0.4) is 0 Å². The predicted molar refractivity (Wildman–Crippen MR) is 92.9 cm³/mol. The van der Waals surface area contributed by atoms with E-state index in [-0.39, 0.29) is 11.7 Å². The number of carbonyl (C=O) groups is 1. The van der Waals surface area contributed by atoms with E-state index in [1.165, 1.54) is 0 Å². The Morgan fingerprint density at radius 2 is 2.12 bits per heavy atom. The van der Waals surface area contributed by atoms with Crippen LogP contribution in [0, 0.1) is 0 Å². The first-order valence-electron chi connectivity index (χ1n) is 8.74. The smallest absolute Gasteiger partial charge is 0.222 e. The Labute approximate surface area is 142 Å². The zero-order valence-corrected chi connectivity index (χ0v) is 14.2. The van der Waals surface area contributed by atoms with Crippen molar-refractivity contribution in [3.8, 4) is 5.75 Å². The highest BCUT2D eigenvalue weighted by Gasteiger charge is 2.26. The molecule has 1 atom stereocenters. The van der Waals surface area contributed by atoms with Crippen molar-refractivity contribution in [1.82, 2.24) is 14.5 Å². The Bertz CT molecular complexity index is 678. The Hall–Kier alpha value is -2.30. The number of hydrogen-bond donors (Lipinski definition) is 1. The van der Waals surface area contributed by atoms with Gasteiger partial charge in [-0.15, -0.1) is 0 Å². The lowest BCUT2D eigenvalue weighted by Crippen LogP contribution is -2.39. The fourth-order valence-electron chi connectivity index (χ4n) is 3.43. The summed E-state index contributed by atoms with van der Waals surface area (Å²) in [6.45, 7) is 4.65. The van der Waals surface area contributed by atoms with Crippen LogP contribution in [0.5, 0.6) is 5.75 Å². The zero-order chi connectivity index (χ0) is 16.9. The number of phenolic OH excluding ortho intramolecular Hbond substituents is 1. The molecule has 1 fully saturated rings. The second kappa shape index (κ2) is 7.51. The minimum Gasteiger partial charge on any atom is -0.508 e. The van der Waals surface area contributed by atoms with Crippen LogP contribution in [0.2, 0.25) is 0 Å². The van der Waals surface area contributed by atoms with Gasteiger partial charge >= 0.3 is 0 Å². The predicted octanol–water partition coefficient (Wildman–Crippen LogP) is 2.95. The molecule has 0 bridgehead atoms. The average molecular weight is 327 g/mol. The molecule has 5 heteroatoms. The molecule has 2 heterocycles. The van der Waals surface area contributed by atoms with E-state index in [0.717, 1.165) is 43.9 Å². The standard InChI is InChI=1S/C19H25N3O2/c1-2-21-13-11-20-19(21)16-4-3-12-22(14-16)18(24)10-7-15-5-8-17(23)9-6-15/h5-6,8-9,11,13,16,23H,2-4,7,10,12,14H2,1H3. The number of nitrogens with zero attached hydrogens (tertiary/aromatic N) is 3.